The third-order valence-corrected chi connectivity index (χ3v) is 4.20. The first-order valence-corrected chi connectivity index (χ1v) is 7.79. The predicted molar refractivity (Wildman–Crippen MR) is 91.8 cm³/mol. The third-order valence-electron chi connectivity index (χ3n) is 4.20. The Hall–Kier alpha value is -2.93. The number of carbonyl (C=O) groups is 3. The average molecular weight is 341 g/mol. The molecule has 2 aromatic rings. The van der Waals surface area contributed by atoms with Crippen molar-refractivity contribution in [2.24, 2.45) is 0 Å². The molecule has 0 unspecified atom stereocenters. The van der Waals surface area contributed by atoms with Crippen LogP contribution in [0.1, 0.15) is 5.56 Å². The van der Waals surface area contributed by atoms with Gasteiger partial charge in [0, 0.05) is 13.6 Å². The highest BCUT2D eigenvalue weighted by Gasteiger charge is 2.42. The van der Waals surface area contributed by atoms with E-state index in [4.69, 9.17) is 4.74 Å². The zero-order chi connectivity index (χ0) is 18.1. The summed E-state index contributed by atoms with van der Waals surface area (Å²) in [6.07, 6.45) is 0. The molecule has 0 bridgehead atoms. The molecule has 0 N–H and O–H groups in total. The van der Waals surface area contributed by atoms with Gasteiger partial charge in [0.2, 0.25) is 0 Å². The Labute approximate surface area is 145 Å². The summed E-state index contributed by atoms with van der Waals surface area (Å²) in [6, 6.07) is 11.3. The van der Waals surface area contributed by atoms with Gasteiger partial charge in [-0.2, -0.15) is 0 Å². The number of rotatable bonds is 5. The SMILES string of the molecule is COc1ccc2cc(CN(C)CN3C(=O)C(=O)N(C)C3=O)ccc2c1. The second-order valence-electron chi connectivity index (χ2n) is 6.08. The maximum atomic E-state index is 11.9. The summed E-state index contributed by atoms with van der Waals surface area (Å²) in [5, 5.41) is 2.15. The Morgan fingerprint density at radius 1 is 1.00 bits per heavy atom. The van der Waals surface area contributed by atoms with Crippen LogP contribution in [-0.2, 0) is 16.1 Å². The minimum atomic E-state index is -0.793. The minimum Gasteiger partial charge on any atom is -0.497 e. The smallest absolute Gasteiger partial charge is 0.335 e. The Bertz CT molecular complexity index is 865. The molecule has 2 aromatic carbocycles. The van der Waals surface area contributed by atoms with Crippen molar-refractivity contribution >= 4 is 28.6 Å². The molecule has 0 atom stereocenters. The zero-order valence-electron chi connectivity index (χ0n) is 14.4. The summed E-state index contributed by atoms with van der Waals surface area (Å²) in [5.41, 5.74) is 1.04. The van der Waals surface area contributed by atoms with Gasteiger partial charge in [-0.3, -0.25) is 19.4 Å². The van der Waals surface area contributed by atoms with Crippen molar-refractivity contribution in [3.05, 3.63) is 42.0 Å². The predicted octanol–water partition coefficient (Wildman–Crippen LogP) is 1.66. The highest BCUT2D eigenvalue weighted by molar-refractivity contribution is 6.44. The highest BCUT2D eigenvalue weighted by atomic mass is 16.5. The lowest BCUT2D eigenvalue weighted by atomic mass is 10.1. The Morgan fingerprint density at radius 3 is 2.32 bits per heavy atom. The fourth-order valence-electron chi connectivity index (χ4n) is 2.84. The normalized spacial score (nSPS) is 15.0. The number of likely N-dealkylation sites (N-methyl/N-ethyl adjacent to an activating group) is 1. The maximum absolute atomic E-state index is 11.9. The van der Waals surface area contributed by atoms with Crippen LogP contribution in [0, 0.1) is 0 Å². The standard InChI is InChI=1S/C18H19N3O4/c1-19(11-21-17(23)16(22)20(2)18(21)24)10-12-4-5-14-9-15(25-3)7-6-13(14)8-12/h4-9H,10-11H2,1-3H3. The van der Waals surface area contributed by atoms with E-state index in [2.05, 4.69) is 6.07 Å². The van der Waals surface area contributed by atoms with Crippen LogP contribution in [0.3, 0.4) is 0 Å². The maximum Gasteiger partial charge on any atom is 0.335 e. The van der Waals surface area contributed by atoms with E-state index in [1.807, 2.05) is 35.2 Å². The van der Waals surface area contributed by atoms with E-state index in [0.717, 1.165) is 31.9 Å². The van der Waals surface area contributed by atoms with Gasteiger partial charge in [0.05, 0.1) is 13.8 Å². The fraction of sp³-hybridized carbons (Fsp3) is 0.278. The van der Waals surface area contributed by atoms with Crippen molar-refractivity contribution in [3.63, 3.8) is 0 Å². The van der Waals surface area contributed by atoms with Gasteiger partial charge in [0.25, 0.3) is 0 Å². The number of methoxy groups -OCH3 is 1. The highest BCUT2D eigenvalue weighted by Crippen LogP contribution is 2.22. The van der Waals surface area contributed by atoms with Crippen LogP contribution in [0.5, 0.6) is 5.75 Å². The Morgan fingerprint density at radius 2 is 1.68 bits per heavy atom. The number of ether oxygens (including phenoxy) is 1. The van der Waals surface area contributed by atoms with Gasteiger partial charge < -0.3 is 4.74 Å². The summed E-state index contributed by atoms with van der Waals surface area (Å²) in [7, 11) is 4.73. The molecule has 3 rings (SSSR count). The van der Waals surface area contributed by atoms with Gasteiger partial charge in [-0.15, -0.1) is 0 Å². The molecule has 7 nitrogen and oxygen atoms in total. The molecule has 1 aliphatic heterocycles. The van der Waals surface area contributed by atoms with Gasteiger partial charge in [-0.1, -0.05) is 18.2 Å². The largest absolute Gasteiger partial charge is 0.497 e. The number of hydrogen-bond acceptors (Lipinski definition) is 5. The minimum absolute atomic E-state index is 0.0639. The van der Waals surface area contributed by atoms with Gasteiger partial charge in [-0.25, -0.2) is 9.69 Å². The molecule has 130 valence electrons. The van der Waals surface area contributed by atoms with Crippen LogP contribution in [0.4, 0.5) is 4.79 Å². The van der Waals surface area contributed by atoms with Crippen molar-refractivity contribution in [1.82, 2.24) is 14.7 Å². The van der Waals surface area contributed by atoms with Gasteiger partial charge in [0.15, 0.2) is 0 Å². The molecule has 4 amide bonds. The molecule has 1 saturated heterocycles. The summed E-state index contributed by atoms with van der Waals surface area (Å²) < 4.78 is 5.22. The van der Waals surface area contributed by atoms with Crippen molar-refractivity contribution in [2.75, 3.05) is 27.9 Å². The Kier molecular flexibility index (Phi) is 4.41. The van der Waals surface area contributed by atoms with Crippen molar-refractivity contribution in [3.8, 4) is 5.75 Å². The van der Waals surface area contributed by atoms with Crippen molar-refractivity contribution in [1.29, 1.82) is 0 Å². The third kappa shape index (κ3) is 3.18. The van der Waals surface area contributed by atoms with E-state index in [1.54, 1.807) is 14.2 Å². The van der Waals surface area contributed by atoms with Crippen LogP contribution in [0.2, 0.25) is 0 Å². The van der Waals surface area contributed by atoms with E-state index in [0.29, 0.717) is 6.54 Å². The first kappa shape index (κ1) is 16.9. The summed E-state index contributed by atoms with van der Waals surface area (Å²) in [6.45, 7) is 0.603. The zero-order valence-corrected chi connectivity index (χ0v) is 14.4. The quantitative estimate of drug-likeness (QED) is 0.611. The van der Waals surface area contributed by atoms with E-state index in [-0.39, 0.29) is 6.67 Å². The van der Waals surface area contributed by atoms with Gasteiger partial charge >= 0.3 is 17.8 Å². The van der Waals surface area contributed by atoms with Gasteiger partial charge in [-0.05, 0) is 41.6 Å². The topological polar surface area (TPSA) is 70.2 Å². The number of benzene rings is 2. The monoisotopic (exact) mass is 341 g/mol. The number of carbonyl (C=O) groups excluding carboxylic acids is 3. The summed E-state index contributed by atoms with van der Waals surface area (Å²) >= 11 is 0. The van der Waals surface area contributed by atoms with Crippen molar-refractivity contribution < 1.29 is 19.1 Å². The molecular weight excluding hydrogens is 322 g/mol. The van der Waals surface area contributed by atoms with E-state index in [9.17, 15) is 14.4 Å². The van der Waals surface area contributed by atoms with Crippen LogP contribution in [-0.4, -0.2) is 60.4 Å². The van der Waals surface area contributed by atoms with Crippen LogP contribution < -0.4 is 4.74 Å². The molecule has 0 spiro atoms. The number of urea groups is 1. The first-order valence-electron chi connectivity index (χ1n) is 7.79. The number of nitrogens with zero attached hydrogens (tertiary/aromatic N) is 3. The molecule has 0 aliphatic carbocycles. The lowest BCUT2D eigenvalue weighted by Crippen LogP contribution is -2.40. The number of amides is 4. The molecule has 7 heteroatoms. The van der Waals surface area contributed by atoms with Crippen molar-refractivity contribution in [2.45, 2.75) is 6.54 Å². The van der Waals surface area contributed by atoms with E-state index in [1.165, 1.54) is 7.05 Å². The summed E-state index contributed by atoms with van der Waals surface area (Å²) in [4.78, 5) is 38.9. The van der Waals surface area contributed by atoms with Crippen LogP contribution in [0.25, 0.3) is 10.8 Å². The first-order chi connectivity index (χ1) is 11.9. The van der Waals surface area contributed by atoms with Gasteiger partial charge in [0.1, 0.15) is 5.75 Å². The lowest BCUT2D eigenvalue weighted by Gasteiger charge is -2.22. The lowest BCUT2D eigenvalue weighted by molar-refractivity contribution is -0.143. The van der Waals surface area contributed by atoms with E-state index < -0.39 is 17.8 Å². The molecule has 1 heterocycles. The summed E-state index contributed by atoms with van der Waals surface area (Å²) in [5.74, 6) is -0.778. The fourth-order valence-corrected chi connectivity index (χ4v) is 2.84. The van der Waals surface area contributed by atoms with E-state index >= 15 is 0 Å². The average Bonchev–Trinajstić information content (AvgIpc) is 2.79. The number of hydrogen-bond donors (Lipinski definition) is 0. The van der Waals surface area contributed by atoms with Crippen LogP contribution >= 0.6 is 0 Å². The van der Waals surface area contributed by atoms with Crippen LogP contribution in [0.15, 0.2) is 36.4 Å². The molecule has 0 saturated carbocycles. The second kappa shape index (κ2) is 6.52. The molecule has 1 fully saturated rings. The molecular formula is C18H19N3O4. The second-order valence-corrected chi connectivity index (χ2v) is 6.08. The molecule has 25 heavy (non-hydrogen) atoms. The molecule has 1 aliphatic rings. The molecule has 0 radical (unpaired) electrons. The number of imide groups is 2. The Balaban J connectivity index is 1.71. The number of fused-ring (bicyclic) bond motifs is 1. The molecule has 0 aromatic heterocycles.